The summed E-state index contributed by atoms with van der Waals surface area (Å²) in [7, 11) is 0. The number of hydrogen-bond acceptors (Lipinski definition) is 6. The number of carbonyl (C=O) groups excluding carboxylic acids is 1. The van der Waals surface area contributed by atoms with Crippen molar-refractivity contribution in [2.24, 2.45) is 0 Å². The molecule has 2 aromatic rings. The molecular formula is C20H27F3N4O4S. The van der Waals surface area contributed by atoms with Crippen molar-refractivity contribution in [2.45, 2.75) is 84.3 Å². The molecule has 1 amide bonds. The highest BCUT2D eigenvalue weighted by Crippen LogP contribution is 2.41. The van der Waals surface area contributed by atoms with E-state index < -0.39 is 47.6 Å². The standard InChI is InChI=1S/C20H27F3N4O4S/c1-11-12(10-24-25-16(29)31-18(2,3)4)32-15-13(11)14(28)27(19(5)6-7-19)17(30)26(15)9-8-20(21,22)23/h24H,6-10H2,1-5H3,(H,25,29). The largest absolute Gasteiger partial charge is 0.443 e. The van der Waals surface area contributed by atoms with Gasteiger partial charge in [-0.15, -0.1) is 11.3 Å². The second-order valence-corrected chi connectivity index (χ2v) is 10.3. The molecule has 12 heteroatoms. The summed E-state index contributed by atoms with van der Waals surface area (Å²) in [4.78, 5) is 38.9. The highest BCUT2D eigenvalue weighted by Gasteiger charge is 2.43. The molecule has 2 aromatic heterocycles. The number of hydrazine groups is 1. The smallest absolute Gasteiger partial charge is 0.422 e. The van der Waals surface area contributed by atoms with Gasteiger partial charge in [-0.3, -0.25) is 19.4 Å². The Bertz CT molecular complexity index is 1150. The van der Waals surface area contributed by atoms with Gasteiger partial charge in [-0.2, -0.15) is 13.2 Å². The summed E-state index contributed by atoms with van der Waals surface area (Å²) >= 11 is 1.06. The summed E-state index contributed by atoms with van der Waals surface area (Å²) in [6, 6.07) is 0. The molecule has 0 aliphatic heterocycles. The fraction of sp³-hybridized carbons (Fsp3) is 0.650. The van der Waals surface area contributed by atoms with E-state index in [4.69, 9.17) is 4.74 Å². The topological polar surface area (TPSA) is 94.4 Å². The Balaban J connectivity index is 1.98. The van der Waals surface area contributed by atoms with Crippen LogP contribution in [0.15, 0.2) is 9.59 Å². The summed E-state index contributed by atoms with van der Waals surface area (Å²) in [5.74, 6) is 0. The predicted octanol–water partition coefficient (Wildman–Crippen LogP) is 3.52. The number of halogens is 3. The lowest BCUT2D eigenvalue weighted by Gasteiger charge is -2.19. The summed E-state index contributed by atoms with van der Waals surface area (Å²) in [5.41, 5.74) is 3.08. The van der Waals surface area contributed by atoms with Crippen LogP contribution in [0.5, 0.6) is 0 Å². The minimum absolute atomic E-state index is 0.106. The van der Waals surface area contributed by atoms with Crippen LogP contribution < -0.4 is 22.1 Å². The first-order chi connectivity index (χ1) is 14.6. The van der Waals surface area contributed by atoms with Crippen LogP contribution in [0, 0.1) is 6.92 Å². The Morgan fingerprint density at radius 2 is 1.84 bits per heavy atom. The number of hydrogen-bond donors (Lipinski definition) is 2. The van der Waals surface area contributed by atoms with Gasteiger partial charge < -0.3 is 4.74 Å². The molecule has 2 N–H and O–H groups in total. The normalized spacial score (nSPS) is 15.8. The third-order valence-electron chi connectivity index (χ3n) is 5.28. The van der Waals surface area contributed by atoms with Crippen molar-refractivity contribution in [1.29, 1.82) is 0 Å². The summed E-state index contributed by atoms with van der Waals surface area (Å²) in [6.07, 6.45) is -5.08. The molecule has 1 aliphatic rings. The minimum Gasteiger partial charge on any atom is -0.443 e. The van der Waals surface area contributed by atoms with Crippen LogP contribution in [0.1, 0.15) is 57.4 Å². The van der Waals surface area contributed by atoms with Gasteiger partial charge in [0.15, 0.2) is 0 Å². The van der Waals surface area contributed by atoms with Crippen molar-refractivity contribution >= 4 is 27.6 Å². The Morgan fingerprint density at radius 3 is 2.38 bits per heavy atom. The maximum Gasteiger partial charge on any atom is 0.422 e. The minimum atomic E-state index is -4.44. The van der Waals surface area contributed by atoms with Gasteiger partial charge in [0.05, 0.1) is 17.3 Å². The molecule has 0 bridgehead atoms. The zero-order valence-corrected chi connectivity index (χ0v) is 19.4. The lowest BCUT2D eigenvalue weighted by atomic mass is 10.2. The average Bonchev–Trinajstić information content (AvgIpc) is 3.26. The summed E-state index contributed by atoms with van der Waals surface area (Å²) in [6.45, 7) is 8.12. The molecule has 8 nitrogen and oxygen atoms in total. The number of ether oxygens (including phenoxy) is 1. The van der Waals surface area contributed by atoms with Gasteiger partial charge >= 0.3 is 18.0 Å². The van der Waals surface area contributed by atoms with E-state index in [9.17, 15) is 27.6 Å². The Hall–Kier alpha value is -2.34. The molecule has 32 heavy (non-hydrogen) atoms. The SMILES string of the molecule is Cc1c(CNNC(=O)OC(C)(C)C)sc2c1c(=O)n(C1(C)CC1)c(=O)n2CCC(F)(F)F. The van der Waals surface area contributed by atoms with Crippen LogP contribution in [0.2, 0.25) is 0 Å². The Morgan fingerprint density at radius 1 is 1.22 bits per heavy atom. The Kier molecular flexibility index (Phi) is 6.24. The van der Waals surface area contributed by atoms with Crippen LogP contribution in [-0.4, -0.2) is 27.0 Å². The van der Waals surface area contributed by atoms with Gasteiger partial charge in [0.25, 0.3) is 5.56 Å². The van der Waals surface area contributed by atoms with E-state index in [0.29, 0.717) is 23.3 Å². The number of aryl methyl sites for hydroxylation is 2. The van der Waals surface area contributed by atoms with Crippen LogP contribution >= 0.6 is 11.3 Å². The molecule has 0 saturated heterocycles. The number of alkyl halides is 3. The maximum absolute atomic E-state index is 13.2. The van der Waals surface area contributed by atoms with Gasteiger partial charge in [0.1, 0.15) is 10.4 Å². The van der Waals surface area contributed by atoms with E-state index in [1.807, 2.05) is 0 Å². The van der Waals surface area contributed by atoms with Crippen LogP contribution in [0.25, 0.3) is 10.2 Å². The molecule has 2 heterocycles. The third kappa shape index (κ3) is 5.17. The van der Waals surface area contributed by atoms with Crippen molar-refractivity contribution in [1.82, 2.24) is 20.0 Å². The quantitative estimate of drug-likeness (QED) is 0.622. The third-order valence-corrected chi connectivity index (χ3v) is 6.60. The van der Waals surface area contributed by atoms with Crippen LogP contribution in [0.4, 0.5) is 18.0 Å². The predicted molar refractivity (Wildman–Crippen MR) is 115 cm³/mol. The highest BCUT2D eigenvalue weighted by atomic mass is 32.1. The van der Waals surface area contributed by atoms with Crippen molar-refractivity contribution in [3.63, 3.8) is 0 Å². The van der Waals surface area contributed by atoms with Crippen LogP contribution in [-0.2, 0) is 23.4 Å². The number of amides is 1. The zero-order valence-electron chi connectivity index (χ0n) is 18.6. The van der Waals surface area contributed by atoms with Gasteiger partial charge in [0.2, 0.25) is 0 Å². The molecule has 178 valence electrons. The molecule has 0 radical (unpaired) electrons. The molecule has 0 spiro atoms. The Labute approximate surface area is 186 Å². The number of nitrogens with zero attached hydrogens (tertiary/aromatic N) is 2. The van der Waals surface area contributed by atoms with E-state index in [-0.39, 0.29) is 16.8 Å². The lowest BCUT2D eigenvalue weighted by Crippen LogP contribution is -2.44. The number of carbonyl (C=O) groups is 1. The molecule has 0 aromatic carbocycles. The second-order valence-electron chi connectivity index (χ2n) is 9.25. The van der Waals surface area contributed by atoms with Gasteiger partial charge in [0, 0.05) is 18.0 Å². The molecule has 0 unspecified atom stereocenters. The molecule has 1 saturated carbocycles. The first-order valence-corrected chi connectivity index (χ1v) is 11.0. The van der Waals surface area contributed by atoms with E-state index in [1.165, 1.54) is 0 Å². The second kappa shape index (κ2) is 8.22. The monoisotopic (exact) mass is 476 g/mol. The number of aromatic nitrogens is 2. The molecule has 1 fully saturated rings. The lowest BCUT2D eigenvalue weighted by molar-refractivity contribution is -0.136. The number of thiophene rings is 1. The van der Waals surface area contributed by atoms with E-state index >= 15 is 0 Å². The fourth-order valence-corrected chi connectivity index (χ4v) is 4.63. The van der Waals surface area contributed by atoms with E-state index in [1.54, 1.807) is 34.6 Å². The average molecular weight is 477 g/mol. The van der Waals surface area contributed by atoms with Gasteiger partial charge in [-0.1, -0.05) is 0 Å². The van der Waals surface area contributed by atoms with Crippen molar-refractivity contribution in [3.05, 3.63) is 31.3 Å². The number of rotatable bonds is 6. The maximum atomic E-state index is 13.2. The van der Waals surface area contributed by atoms with E-state index in [2.05, 4.69) is 10.9 Å². The van der Waals surface area contributed by atoms with E-state index in [0.717, 1.165) is 20.5 Å². The van der Waals surface area contributed by atoms with Gasteiger partial charge in [-0.25, -0.2) is 15.0 Å². The molecule has 0 atom stereocenters. The first kappa shape index (κ1) is 24.3. The molecular weight excluding hydrogens is 449 g/mol. The molecule has 1 aliphatic carbocycles. The number of nitrogens with one attached hydrogen (secondary N) is 2. The summed E-state index contributed by atoms with van der Waals surface area (Å²) < 4.78 is 46.0. The van der Waals surface area contributed by atoms with Gasteiger partial charge in [-0.05, 0) is 53.0 Å². The van der Waals surface area contributed by atoms with Crippen molar-refractivity contribution in [3.8, 4) is 0 Å². The van der Waals surface area contributed by atoms with Crippen molar-refractivity contribution < 1.29 is 22.7 Å². The fourth-order valence-electron chi connectivity index (χ4n) is 3.38. The first-order valence-electron chi connectivity index (χ1n) is 10.2. The highest BCUT2D eigenvalue weighted by molar-refractivity contribution is 7.18. The summed E-state index contributed by atoms with van der Waals surface area (Å²) in [5, 5.41) is 0.235. The van der Waals surface area contributed by atoms with Crippen LogP contribution in [0.3, 0.4) is 0 Å². The number of fused-ring (bicyclic) bond motifs is 1. The molecule has 3 rings (SSSR count). The van der Waals surface area contributed by atoms with Crippen molar-refractivity contribution in [2.75, 3.05) is 0 Å². The zero-order chi connectivity index (χ0) is 24.1.